The molecule has 0 saturated heterocycles. The van der Waals surface area contributed by atoms with Crippen LogP contribution in [0.1, 0.15) is 35.7 Å². The lowest BCUT2D eigenvalue weighted by molar-refractivity contribution is -0.113. The molecule has 2 amide bonds. The molecule has 0 aromatic heterocycles. The number of rotatable bonds is 9. The standard InChI is InChI=1S/C26H23BrCl2N2O3/c1-2-3-14-34-21-11-6-18(7-12-21)25(32)31-24(15-17-4-8-19(27)9-5-17)26(33)30-23-13-10-20(28)16-22(23)29/h4-13,15-16H,2-3,14H2,1H3,(H,30,33)(H,31,32). The number of unbranched alkanes of at least 4 members (excludes halogenated alkanes) is 1. The number of hydrogen-bond donors (Lipinski definition) is 2. The second-order valence-corrected chi connectivity index (χ2v) is 9.13. The molecule has 0 unspecified atom stereocenters. The zero-order valence-corrected chi connectivity index (χ0v) is 21.5. The zero-order chi connectivity index (χ0) is 24.5. The Morgan fingerprint density at radius 1 is 1.00 bits per heavy atom. The van der Waals surface area contributed by atoms with E-state index in [0.29, 0.717) is 28.6 Å². The maximum Gasteiger partial charge on any atom is 0.272 e. The Bertz CT molecular complexity index is 1180. The fourth-order valence-corrected chi connectivity index (χ4v) is 3.62. The van der Waals surface area contributed by atoms with Crippen molar-refractivity contribution in [1.29, 1.82) is 0 Å². The average Bonchev–Trinajstić information content (AvgIpc) is 2.82. The van der Waals surface area contributed by atoms with Gasteiger partial charge in [-0.3, -0.25) is 9.59 Å². The van der Waals surface area contributed by atoms with E-state index >= 15 is 0 Å². The fraction of sp³-hybridized carbons (Fsp3) is 0.154. The molecule has 0 aliphatic rings. The predicted octanol–water partition coefficient (Wildman–Crippen LogP) is 7.34. The van der Waals surface area contributed by atoms with Crippen LogP contribution < -0.4 is 15.4 Å². The van der Waals surface area contributed by atoms with Gasteiger partial charge in [0.1, 0.15) is 11.4 Å². The van der Waals surface area contributed by atoms with E-state index in [1.54, 1.807) is 42.5 Å². The van der Waals surface area contributed by atoms with Crippen molar-refractivity contribution in [3.8, 4) is 5.75 Å². The van der Waals surface area contributed by atoms with Crippen molar-refractivity contribution in [2.24, 2.45) is 0 Å². The first-order chi connectivity index (χ1) is 16.4. The van der Waals surface area contributed by atoms with Gasteiger partial charge in [0.05, 0.1) is 17.3 Å². The van der Waals surface area contributed by atoms with Crippen LogP contribution in [-0.2, 0) is 4.79 Å². The third-order valence-electron chi connectivity index (χ3n) is 4.74. The maximum atomic E-state index is 13.1. The number of ether oxygens (including phenoxy) is 1. The van der Waals surface area contributed by atoms with E-state index in [1.165, 1.54) is 6.07 Å². The predicted molar refractivity (Wildman–Crippen MR) is 142 cm³/mol. The van der Waals surface area contributed by atoms with Gasteiger partial charge in [-0.1, -0.05) is 64.6 Å². The Morgan fingerprint density at radius 3 is 2.35 bits per heavy atom. The minimum atomic E-state index is -0.528. The van der Waals surface area contributed by atoms with Gasteiger partial charge in [-0.25, -0.2) is 0 Å². The summed E-state index contributed by atoms with van der Waals surface area (Å²) in [5, 5.41) is 6.16. The fourth-order valence-electron chi connectivity index (χ4n) is 2.90. The Hall–Kier alpha value is -2.80. The molecule has 3 aromatic carbocycles. The molecule has 0 saturated carbocycles. The number of carbonyl (C=O) groups excluding carboxylic acids is 2. The molecule has 0 radical (unpaired) electrons. The largest absolute Gasteiger partial charge is 0.494 e. The number of anilines is 1. The van der Waals surface area contributed by atoms with E-state index in [-0.39, 0.29) is 10.7 Å². The highest BCUT2D eigenvalue weighted by atomic mass is 79.9. The summed E-state index contributed by atoms with van der Waals surface area (Å²) in [4.78, 5) is 26.0. The average molecular weight is 562 g/mol. The highest BCUT2D eigenvalue weighted by Gasteiger charge is 2.16. The second-order valence-electron chi connectivity index (χ2n) is 7.37. The minimum absolute atomic E-state index is 0.0570. The van der Waals surface area contributed by atoms with Crippen molar-refractivity contribution in [1.82, 2.24) is 5.32 Å². The minimum Gasteiger partial charge on any atom is -0.494 e. The molecule has 3 rings (SSSR count). The number of amides is 2. The third kappa shape index (κ3) is 7.62. The van der Waals surface area contributed by atoms with Crippen LogP contribution in [0.25, 0.3) is 6.08 Å². The molecular formula is C26H23BrCl2N2O3. The summed E-state index contributed by atoms with van der Waals surface area (Å²) in [5.41, 5.74) is 1.56. The van der Waals surface area contributed by atoms with Gasteiger partial charge in [0.2, 0.25) is 0 Å². The van der Waals surface area contributed by atoms with E-state index in [2.05, 4.69) is 33.5 Å². The Kier molecular flexibility index (Phi) is 9.57. The molecule has 176 valence electrons. The van der Waals surface area contributed by atoms with Crippen LogP contribution >= 0.6 is 39.1 Å². The van der Waals surface area contributed by atoms with Crippen LogP contribution in [0.2, 0.25) is 10.0 Å². The summed E-state index contributed by atoms with van der Waals surface area (Å²) in [7, 11) is 0. The molecule has 8 heteroatoms. The van der Waals surface area contributed by atoms with E-state index in [4.69, 9.17) is 27.9 Å². The van der Waals surface area contributed by atoms with Crippen LogP contribution in [0.3, 0.4) is 0 Å². The topological polar surface area (TPSA) is 67.4 Å². The SMILES string of the molecule is CCCCOc1ccc(C(=O)NC(=Cc2ccc(Br)cc2)C(=O)Nc2ccc(Cl)cc2Cl)cc1. The molecule has 0 aliphatic heterocycles. The lowest BCUT2D eigenvalue weighted by Crippen LogP contribution is -2.30. The number of nitrogens with one attached hydrogen (secondary N) is 2. The third-order valence-corrected chi connectivity index (χ3v) is 5.81. The van der Waals surface area contributed by atoms with Gasteiger partial charge < -0.3 is 15.4 Å². The van der Waals surface area contributed by atoms with Gasteiger partial charge in [0.15, 0.2) is 0 Å². The van der Waals surface area contributed by atoms with Crippen molar-refractivity contribution in [2.45, 2.75) is 19.8 Å². The number of carbonyl (C=O) groups is 2. The highest BCUT2D eigenvalue weighted by molar-refractivity contribution is 9.10. The normalized spacial score (nSPS) is 11.1. The van der Waals surface area contributed by atoms with Crippen molar-refractivity contribution in [3.63, 3.8) is 0 Å². The Morgan fingerprint density at radius 2 is 1.71 bits per heavy atom. The van der Waals surface area contributed by atoms with E-state index < -0.39 is 11.8 Å². The van der Waals surface area contributed by atoms with Crippen molar-refractivity contribution >= 4 is 62.7 Å². The molecule has 0 atom stereocenters. The molecule has 34 heavy (non-hydrogen) atoms. The maximum absolute atomic E-state index is 13.1. The number of benzene rings is 3. The van der Waals surface area contributed by atoms with Crippen LogP contribution in [-0.4, -0.2) is 18.4 Å². The summed E-state index contributed by atoms with van der Waals surface area (Å²) in [6.45, 7) is 2.71. The van der Waals surface area contributed by atoms with Crippen LogP contribution in [0.4, 0.5) is 5.69 Å². The summed E-state index contributed by atoms with van der Waals surface area (Å²) < 4.78 is 6.54. The van der Waals surface area contributed by atoms with Crippen molar-refractivity contribution < 1.29 is 14.3 Å². The molecular weight excluding hydrogens is 539 g/mol. The van der Waals surface area contributed by atoms with Gasteiger partial charge in [-0.15, -0.1) is 0 Å². The lowest BCUT2D eigenvalue weighted by atomic mass is 10.1. The first-order valence-electron chi connectivity index (χ1n) is 10.6. The molecule has 0 bridgehead atoms. The summed E-state index contributed by atoms with van der Waals surface area (Å²) in [6.07, 6.45) is 3.59. The number of hydrogen-bond acceptors (Lipinski definition) is 3. The quantitative estimate of drug-likeness (QED) is 0.212. The van der Waals surface area contributed by atoms with Crippen molar-refractivity contribution in [2.75, 3.05) is 11.9 Å². The van der Waals surface area contributed by atoms with Gasteiger partial charge >= 0.3 is 0 Å². The summed E-state index contributed by atoms with van der Waals surface area (Å²) >= 11 is 15.5. The lowest BCUT2D eigenvalue weighted by Gasteiger charge is -2.13. The zero-order valence-electron chi connectivity index (χ0n) is 18.4. The monoisotopic (exact) mass is 560 g/mol. The first kappa shape index (κ1) is 25.8. The Labute approximate surface area is 217 Å². The Balaban J connectivity index is 1.81. The summed E-state index contributed by atoms with van der Waals surface area (Å²) in [6, 6.07) is 18.8. The number of halogens is 3. The van der Waals surface area contributed by atoms with Gasteiger partial charge in [0.25, 0.3) is 11.8 Å². The van der Waals surface area contributed by atoms with E-state index in [9.17, 15) is 9.59 Å². The van der Waals surface area contributed by atoms with Crippen LogP contribution in [0.15, 0.2) is 76.9 Å². The first-order valence-corrected chi connectivity index (χ1v) is 12.2. The molecule has 5 nitrogen and oxygen atoms in total. The smallest absolute Gasteiger partial charge is 0.272 e. The van der Waals surface area contributed by atoms with E-state index in [1.807, 2.05) is 24.3 Å². The molecule has 0 heterocycles. The van der Waals surface area contributed by atoms with E-state index in [0.717, 1.165) is 22.9 Å². The molecule has 2 N–H and O–H groups in total. The highest BCUT2D eigenvalue weighted by Crippen LogP contribution is 2.26. The van der Waals surface area contributed by atoms with Gasteiger partial charge in [0, 0.05) is 15.1 Å². The second kappa shape index (κ2) is 12.6. The van der Waals surface area contributed by atoms with Gasteiger partial charge in [-0.2, -0.15) is 0 Å². The van der Waals surface area contributed by atoms with Crippen LogP contribution in [0.5, 0.6) is 5.75 Å². The molecule has 0 fully saturated rings. The van der Waals surface area contributed by atoms with Crippen molar-refractivity contribution in [3.05, 3.63) is 98.1 Å². The summed E-state index contributed by atoms with van der Waals surface area (Å²) in [5.74, 6) is -0.272. The molecule has 0 aliphatic carbocycles. The van der Waals surface area contributed by atoms with Gasteiger partial charge in [-0.05, 0) is 72.7 Å². The van der Waals surface area contributed by atoms with Crippen LogP contribution in [0, 0.1) is 0 Å². The molecule has 3 aromatic rings. The molecule has 0 spiro atoms.